The molecule has 3 rings (SSSR count). The summed E-state index contributed by atoms with van der Waals surface area (Å²) in [7, 11) is 0. The Morgan fingerprint density at radius 3 is 2.75 bits per heavy atom. The Kier molecular flexibility index (Phi) is 2.88. The first-order chi connectivity index (χ1) is 7.84. The summed E-state index contributed by atoms with van der Waals surface area (Å²) in [5.74, 6) is 1.16. The lowest BCUT2D eigenvalue weighted by molar-refractivity contribution is -0.132. The van der Waals surface area contributed by atoms with Gasteiger partial charge in [0.15, 0.2) is 0 Å². The lowest BCUT2D eigenvalue weighted by atomic mass is 10.0. The van der Waals surface area contributed by atoms with Crippen LogP contribution in [-0.4, -0.2) is 36.0 Å². The average molecular weight is 222 g/mol. The number of hydrogen-bond acceptors (Lipinski definition) is 2. The third kappa shape index (κ3) is 2.10. The van der Waals surface area contributed by atoms with Gasteiger partial charge in [-0.3, -0.25) is 4.79 Å². The highest BCUT2D eigenvalue weighted by molar-refractivity contribution is 5.77. The number of amides is 1. The van der Waals surface area contributed by atoms with Crippen LogP contribution in [0.4, 0.5) is 0 Å². The maximum absolute atomic E-state index is 12.2. The minimum atomic E-state index is 0.429. The third-order valence-electron chi connectivity index (χ3n) is 4.34. The molecule has 3 fully saturated rings. The molecule has 3 nitrogen and oxygen atoms in total. The zero-order chi connectivity index (χ0) is 11.0. The lowest BCUT2D eigenvalue weighted by Gasteiger charge is -2.29. The lowest BCUT2D eigenvalue weighted by Crippen LogP contribution is -2.46. The van der Waals surface area contributed by atoms with Crippen LogP contribution in [0.15, 0.2) is 0 Å². The van der Waals surface area contributed by atoms with E-state index in [9.17, 15) is 4.79 Å². The zero-order valence-electron chi connectivity index (χ0n) is 9.95. The van der Waals surface area contributed by atoms with E-state index in [1.165, 1.54) is 38.5 Å². The molecule has 2 aliphatic heterocycles. The van der Waals surface area contributed by atoms with Gasteiger partial charge in [0, 0.05) is 25.0 Å². The molecule has 90 valence electrons. The molecule has 1 amide bonds. The van der Waals surface area contributed by atoms with E-state index in [4.69, 9.17) is 0 Å². The predicted octanol–water partition coefficient (Wildman–Crippen LogP) is 1.53. The monoisotopic (exact) mass is 222 g/mol. The van der Waals surface area contributed by atoms with Crippen LogP contribution < -0.4 is 5.32 Å². The van der Waals surface area contributed by atoms with Crippen molar-refractivity contribution in [2.24, 2.45) is 5.92 Å². The standard InChI is InChI=1S/C13H22N2O/c16-13(9-10-5-6-10)15-8-2-4-12(15)11-3-1-7-14-11/h10-12,14H,1-9H2. The van der Waals surface area contributed by atoms with Crippen LogP contribution in [0, 0.1) is 5.92 Å². The highest BCUT2D eigenvalue weighted by Gasteiger charge is 2.37. The molecule has 2 saturated heterocycles. The number of carbonyl (C=O) groups excluding carboxylic acids is 1. The van der Waals surface area contributed by atoms with Gasteiger partial charge in [-0.25, -0.2) is 0 Å². The number of hydrogen-bond donors (Lipinski definition) is 1. The summed E-state index contributed by atoms with van der Waals surface area (Å²) in [6, 6.07) is 1.10. The summed E-state index contributed by atoms with van der Waals surface area (Å²) >= 11 is 0. The Labute approximate surface area is 97.6 Å². The molecule has 3 aliphatic rings. The number of carbonyl (C=O) groups is 1. The van der Waals surface area contributed by atoms with Gasteiger partial charge in [-0.1, -0.05) is 0 Å². The van der Waals surface area contributed by atoms with Gasteiger partial charge in [0.2, 0.25) is 5.91 Å². The molecule has 1 N–H and O–H groups in total. The molecule has 1 aliphatic carbocycles. The molecular formula is C13H22N2O. The Morgan fingerprint density at radius 1 is 1.19 bits per heavy atom. The molecule has 0 spiro atoms. The highest BCUT2D eigenvalue weighted by atomic mass is 16.2. The second-order valence-corrected chi connectivity index (χ2v) is 5.65. The van der Waals surface area contributed by atoms with Crippen molar-refractivity contribution >= 4 is 5.91 Å². The van der Waals surface area contributed by atoms with Crippen LogP contribution in [0.25, 0.3) is 0 Å². The molecule has 2 atom stereocenters. The molecule has 0 bridgehead atoms. The third-order valence-corrected chi connectivity index (χ3v) is 4.34. The van der Waals surface area contributed by atoms with Crippen LogP contribution in [0.3, 0.4) is 0 Å². The van der Waals surface area contributed by atoms with E-state index in [1.807, 2.05) is 0 Å². The number of nitrogens with zero attached hydrogens (tertiary/aromatic N) is 1. The van der Waals surface area contributed by atoms with Crippen molar-refractivity contribution in [1.82, 2.24) is 10.2 Å². The molecule has 3 heteroatoms. The average Bonchev–Trinajstić information content (AvgIpc) is 2.84. The van der Waals surface area contributed by atoms with E-state index in [2.05, 4.69) is 10.2 Å². The summed E-state index contributed by atoms with van der Waals surface area (Å²) in [5, 5.41) is 3.56. The van der Waals surface area contributed by atoms with Gasteiger partial charge in [0.05, 0.1) is 0 Å². The Morgan fingerprint density at radius 2 is 2.06 bits per heavy atom. The number of nitrogens with one attached hydrogen (secondary N) is 1. The molecule has 0 radical (unpaired) electrons. The molecule has 2 heterocycles. The SMILES string of the molecule is O=C(CC1CC1)N1CCCC1C1CCCN1. The second-order valence-electron chi connectivity index (χ2n) is 5.65. The Balaban J connectivity index is 1.60. The van der Waals surface area contributed by atoms with Crippen molar-refractivity contribution in [3.8, 4) is 0 Å². The minimum Gasteiger partial charge on any atom is -0.338 e. The summed E-state index contributed by atoms with van der Waals surface area (Å²) in [6.45, 7) is 2.15. The van der Waals surface area contributed by atoms with Crippen LogP contribution >= 0.6 is 0 Å². The van der Waals surface area contributed by atoms with Crippen LogP contribution in [0.2, 0.25) is 0 Å². The van der Waals surface area contributed by atoms with E-state index in [0.717, 1.165) is 25.4 Å². The van der Waals surface area contributed by atoms with E-state index >= 15 is 0 Å². The zero-order valence-corrected chi connectivity index (χ0v) is 9.95. The first kappa shape index (κ1) is 10.6. The fourth-order valence-corrected chi connectivity index (χ4v) is 3.25. The van der Waals surface area contributed by atoms with Crippen molar-refractivity contribution in [3.05, 3.63) is 0 Å². The predicted molar refractivity (Wildman–Crippen MR) is 63.1 cm³/mol. The fourth-order valence-electron chi connectivity index (χ4n) is 3.25. The molecular weight excluding hydrogens is 200 g/mol. The first-order valence-corrected chi connectivity index (χ1v) is 6.87. The van der Waals surface area contributed by atoms with Gasteiger partial charge in [-0.05, 0) is 51.0 Å². The van der Waals surface area contributed by atoms with Crippen molar-refractivity contribution in [2.45, 2.75) is 57.0 Å². The minimum absolute atomic E-state index is 0.429. The fraction of sp³-hybridized carbons (Fsp3) is 0.923. The van der Waals surface area contributed by atoms with E-state index in [1.54, 1.807) is 0 Å². The second kappa shape index (κ2) is 4.36. The molecule has 2 unspecified atom stereocenters. The van der Waals surface area contributed by atoms with Crippen molar-refractivity contribution in [2.75, 3.05) is 13.1 Å². The van der Waals surface area contributed by atoms with Crippen LogP contribution in [0.1, 0.15) is 44.9 Å². The molecule has 16 heavy (non-hydrogen) atoms. The normalized spacial score (nSPS) is 34.6. The smallest absolute Gasteiger partial charge is 0.223 e. The van der Waals surface area contributed by atoms with Gasteiger partial charge in [-0.15, -0.1) is 0 Å². The van der Waals surface area contributed by atoms with Gasteiger partial charge >= 0.3 is 0 Å². The molecule has 0 aromatic rings. The number of rotatable bonds is 3. The van der Waals surface area contributed by atoms with Crippen LogP contribution in [-0.2, 0) is 4.79 Å². The quantitative estimate of drug-likeness (QED) is 0.785. The summed E-state index contributed by atoms with van der Waals surface area (Å²) in [6.07, 6.45) is 8.36. The maximum Gasteiger partial charge on any atom is 0.223 e. The largest absolute Gasteiger partial charge is 0.338 e. The number of likely N-dealkylation sites (tertiary alicyclic amines) is 1. The van der Waals surface area contributed by atoms with Gasteiger partial charge < -0.3 is 10.2 Å². The highest BCUT2D eigenvalue weighted by Crippen LogP contribution is 2.34. The molecule has 0 aromatic carbocycles. The van der Waals surface area contributed by atoms with Gasteiger partial charge in [0.25, 0.3) is 0 Å². The summed E-state index contributed by atoms with van der Waals surface area (Å²) < 4.78 is 0. The first-order valence-electron chi connectivity index (χ1n) is 6.87. The van der Waals surface area contributed by atoms with Crippen molar-refractivity contribution in [1.29, 1.82) is 0 Å². The topological polar surface area (TPSA) is 32.3 Å². The van der Waals surface area contributed by atoms with E-state index < -0.39 is 0 Å². The van der Waals surface area contributed by atoms with Gasteiger partial charge in [0.1, 0.15) is 0 Å². The van der Waals surface area contributed by atoms with Crippen LogP contribution in [0.5, 0.6) is 0 Å². The maximum atomic E-state index is 12.2. The van der Waals surface area contributed by atoms with Crippen molar-refractivity contribution < 1.29 is 4.79 Å². The van der Waals surface area contributed by atoms with Gasteiger partial charge in [-0.2, -0.15) is 0 Å². The summed E-state index contributed by atoms with van der Waals surface area (Å²) in [5.41, 5.74) is 0. The summed E-state index contributed by atoms with van der Waals surface area (Å²) in [4.78, 5) is 14.3. The molecule has 1 saturated carbocycles. The Bertz CT molecular complexity index is 269. The van der Waals surface area contributed by atoms with E-state index in [0.29, 0.717) is 18.0 Å². The van der Waals surface area contributed by atoms with E-state index in [-0.39, 0.29) is 0 Å². The van der Waals surface area contributed by atoms with Crippen molar-refractivity contribution in [3.63, 3.8) is 0 Å². The molecule has 0 aromatic heterocycles. The Hall–Kier alpha value is -0.570.